The molecule has 16 heavy (non-hydrogen) atoms. The van der Waals surface area contributed by atoms with Crippen LogP contribution in [0.25, 0.3) is 0 Å². The zero-order valence-electron chi connectivity index (χ0n) is 10.5. The van der Waals surface area contributed by atoms with Gasteiger partial charge >= 0.3 is 0 Å². The maximum Gasteiger partial charge on any atom is 0.219 e. The Kier molecular flexibility index (Phi) is 5.77. The number of rotatable bonds is 5. The Bertz CT molecular complexity index is 221. The summed E-state index contributed by atoms with van der Waals surface area (Å²) < 4.78 is 0. The van der Waals surface area contributed by atoms with Crippen molar-refractivity contribution < 1.29 is 9.90 Å². The Balaban J connectivity index is 2.50. The zero-order valence-corrected chi connectivity index (χ0v) is 10.5. The van der Waals surface area contributed by atoms with E-state index in [2.05, 4.69) is 11.8 Å². The van der Waals surface area contributed by atoms with Crippen LogP contribution in [-0.2, 0) is 4.79 Å². The molecular weight excluding hydrogens is 204 g/mol. The molecule has 1 atom stereocenters. The SMILES string of the molecule is CCN(CCO)C[C@@H]1CCCCN1C(C)=O. The second-order valence-electron chi connectivity index (χ2n) is 4.48. The summed E-state index contributed by atoms with van der Waals surface area (Å²) >= 11 is 0. The van der Waals surface area contributed by atoms with Crippen molar-refractivity contribution in [2.75, 3.05) is 32.8 Å². The van der Waals surface area contributed by atoms with E-state index in [0.717, 1.165) is 32.5 Å². The normalized spacial score (nSPS) is 21.5. The lowest BCUT2D eigenvalue weighted by Gasteiger charge is -2.38. The number of amides is 1. The van der Waals surface area contributed by atoms with Crippen LogP contribution in [0.3, 0.4) is 0 Å². The molecule has 1 heterocycles. The third kappa shape index (κ3) is 3.76. The number of carbonyl (C=O) groups excluding carboxylic acids is 1. The Hall–Kier alpha value is -0.610. The van der Waals surface area contributed by atoms with Crippen molar-refractivity contribution in [2.45, 2.75) is 39.2 Å². The summed E-state index contributed by atoms with van der Waals surface area (Å²) in [6, 6.07) is 0.345. The van der Waals surface area contributed by atoms with Crippen molar-refractivity contribution in [3.05, 3.63) is 0 Å². The summed E-state index contributed by atoms with van der Waals surface area (Å²) in [5.41, 5.74) is 0. The average molecular weight is 228 g/mol. The van der Waals surface area contributed by atoms with Gasteiger partial charge in [0.05, 0.1) is 6.61 Å². The molecule has 4 heteroatoms. The molecule has 1 amide bonds. The van der Waals surface area contributed by atoms with Crippen molar-refractivity contribution >= 4 is 5.91 Å². The lowest BCUT2D eigenvalue weighted by molar-refractivity contribution is -0.132. The van der Waals surface area contributed by atoms with Gasteiger partial charge in [-0.25, -0.2) is 0 Å². The first-order chi connectivity index (χ1) is 7.69. The van der Waals surface area contributed by atoms with Crippen molar-refractivity contribution in [2.24, 2.45) is 0 Å². The summed E-state index contributed by atoms with van der Waals surface area (Å²) in [5.74, 6) is 0.185. The van der Waals surface area contributed by atoms with Crippen LogP contribution in [0.15, 0.2) is 0 Å². The van der Waals surface area contributed by atoms with Crippen LogP contribution in [0.1, 0.15) is 33.1 Å². The molecule has 0 radical (unpaired) electrons. The minimum absolute atomic E-state index is 0.185. The first kappa shape index (κ1) is 13.5. The second kappa shape index (κ2) is 6.86. The number of hydrogen-bond donors (Lipinski definition) is 1. The summed E-state index contributed by atoms with van der Waals surface area (Å²) in [5, 5.41) is 8.95. The molecule has 0 aromatic heterocycles. The Morgan fingerprint density at radius 2 is 2.25 bits per heavy atom. The van der Waals surface area contributed by atoms with Gasteiger partial charge in [-0.3, -0.25) is 9.69 Å². The van der Waals surface area contributed by atoms with Gasteiger partial charge in [0.15, 0.2) is 0 Å². The van der Waals surface area contributed by atoms with Gasteiger partial charge in [0.1, 0.15) is 0 Å². The molecule has 1 aliphatic heterocycles. The van der Waals surface area contributed by atoms with Gasteiger partial charge in [-0.15, -0.1) is 0 Å². The molecule has 1 N–H and O–H groups in total. The summed E-state index contributed by atoms with van der Waals surface area (Å²) in [6.07, 6.45) is 3.44. The van der Waals surface area contributed by atoms with Crippen LogP contribution in [0, 0.1) is 0 Å². The molecule has 1 aliphatic rings. The van der Waals surface area contributed by atoms with Gasteiger partial charge in [-0.05, 0) is 25.8 Å². The number of likely N-dealkylation sites (tertiary alicyclic amines) is 1. The first-order valence-electron chi connectivity index (χ1n) is 6.29. The molecule has 1 saturated heterocycles. The number of hydrogen-bond acceptors (Lipinski definition) is 3. The van der Waals surface area contributed by atoms with E-state index in [0.29, 0.717) is 12.6 Å². The fourth-order valence-electron chi connectivity index (χ4n) is 2.42. The lowest BCUT2D eigenvalue weighted by atomic mass is 10.0. The van der Waals surface area contributed by atoms with Gasteiger partial charge < -0.3 is 10.0 Å². The van der Waals surface area contributed by atoms with Gasteiger partial charge in [-0.2, -0.15) is 0 Å². The maximum absolute atomic E-state index is 11.5. The molecule has 94 valence electrons. The molecular formula is C12H24N2O2. The number of likely N-dealkylation sites (N-methyl/N-ethyl adjacent to an activating group) is 1. The van der Waals surface area contributed by atoms with Crippen LogP contribution in [0.5, 0.6) is 0 Å². The fraction of sp³-hybridized carbons (Fsp3) is 0.917. The van der Waals surface area contributed by atoms with E-state index in [-0.39, 0.29) is 12.5 Å². The molecule has 4 nitrogen and oxygen atoms in total. The van der Waals surface area contributed by atoms with Crippen LogP contribution in [0.4, 0.5) is 0 Å². The van der Waals surface area contributed by atoms with Crippen molar-refractivity contribution in [3.8, 4) is 0 Å². The van der Waals surface area contributed by atoms with Gasteiger partial charge in [0.25, 0.3) is 0 Å². The average Bonchev–Trinajstić information content (AvgIpc) is 2.29. The van der Waals surface area contributed by atoms with Crippen LogP contribution < -0.4 is 0 Å². The number of nitrogens with zero attached hydrogens (tertiary/aromatic N) is 2. The highest BCUT2D eigenvalue weighted by molar-refractivity contribution is 5.73. The van der Waals surface area contributed by atoms with Gasteiger partial charge in [0, 0.05) is 32.6 Å². The highest BCUT2D eigenvalue weighted by atomic mass is 16.3. The molecule has 0 aromatic rings. The quantitative estimate of drug-likeness (QED) is 0.753. The predicted octanol–water partition coefficient (Wildman–Crippen LogP) is 0.702. The van der Waals surface area contributed by atoms with Gasteiger partial charge in [-0.1, -0.05) is 6.92 Å². The minimum Gasteiger partial charge on any atom is -0.395 e. The van der Waals surface area contributed by atoms with E-state index in [1.807, 2.05) is 4.90 Å². The van der Waals surface area contributed by atoms with E-state index < -0.39 is 0 Å². The largest absolute Gasteiger partial charge is 0.395 e. The van der Waals surface area contributed by atoms with E-state index >= 15 is 0 Å². The molecule has 1 rings (SSSR count). The Morgan fingerprint density at radius 3 is 2.81 bits per heavy atom. The van der Waals surface area contributed by atoms with Crippen molar-refractivity contribution in [1.82, 2.24) is 9.80 Å². The van der Waals surface area contributed by atoms with E-state index in [9.17, 15) is 4.79 Å². The van der Waals surface area contributed by atoms with E-state index in [1.54, 1.807) is 6.92 Å². The zero-order chi connectivity index (χ0) is 12.0. The topological polar surface area (TPSA) is 43.8 Å². The molecule has 1 fully saturated rings. The first-order valence-corrected chi connectivity index (χ1v) is 6.29. The van der Waals surface area contributed by atoms with Crippen molar-refractivity contribution in [1.29, 1.82) is 0 Å². The molecule has 0 aliphatic carbocycles. The number of piperidine rings is 1. The fourth-order valence-corrected chi connectivity index (χ4v) is 2.42. The third-order valence-electron chi connectivity index (χ3n) is 3.36. The van der Waals surface area contributed by atoms with Crippen molar-refractivity contribution in [3.63, 3.8) is 0 Å². The van der Waals surface area contributed by atoms with Crippen LogP contribution in [0.2, 0.25) is 0 Å². The molecule has 0 saturated carbocycles. The molecule has 0 aromatic carbocycles. The van der Waals surface area contributed by atoms with E-state index in [4.69, 9.17) is 5.11 Å². The maximum atomic E-state index is 11.5. The second-order valence-corrected chi connectivity index (χ2v) is 4.48. The number of aliphatic hydroxyl groups is 1. The molecule has 0 bridgehead atoms. The van der Waals surface area contributed by atoms with E-state index in [1.165, 1.54) is 6.42 Å². The summed E-state index contributed by atoms with van der Waals surface area (Å²) in [7, 11) is 0. The third-order valence-corrected chi connectivity index (χ3v) is 3.36. The summed E-state index contributed by atoms with van der Waals surface area (Å²) in [6.45, 7) is 7.38. The minimum atomic E-state index is 0.185. The van der Waals surface area contributed by atoms with Crippen LogP contribution in [-0.4, -0.2) is 59.6 Å². The number of aliphatic hydroxyl groups excluding tert-OH is 1. The Morgan fingerprint density at radius 1 is 1.50 bits per heavy atom. The molecule has 0 unspecified atom stereocenters. The predicted molar refractivity (Wildman–Crippen MR) is 64.2 cm³/mol. The van der Waals surface area contributed by atoms with Crippen LogP contribution >= 0.6 is 0 Å². The molecule has 0 spiro atoms. The summed E-state index contributed by atoms with van der Waals surface area (Å²) in [4.78, 5) is 15.7. The van der Waals surface area contributed by atoms with Gasteiger partial charge in [0.2, 0.25) is 5.91 Å². The Labute approximate surface area is 98.2 Å². The standard InChI is InChI=1S/C12H24N2O2/c1-3-13(8-9-15)10-12-6-4-5-7-14(12)11(2)16/h12,15H,3-10H2,1-2H3/t12-/m0/s1. The monoisotopic (exact) mass is 228 g/mol. The smallest absolute Gasteiger partial charge is 0.219 e. The number of carbonyl (C=O) groups is 1. The highest BCUT2D eigenvalue weighted by Gasteiger charge is 2.25. The lowest BCUT2D eigenvalue weighted by Crippen LogP contribution is -2.49. The highest BCUT2D eigenvalue weighted by Crippen LogP contribution is 2.18.